The minimum atomic E-state index is -4.56. The molecular formula is C58H56Cl2F6Zr. The van der Waals surface area contributed by atoms with Crippen LogP contribution in [0, 0.1) is 58.8 Å². The second kappa shape index (κ2) is 19.2. The summed E-state index contributed by atoms with van der Waals surface area (Å²) in [6.45, 7) is 23.8. The molecule has 0 saturated carbocycles. The van der Waals surface area contributed by atoms with Gasteiger partial charge in [0.2, 0.25) is 0 Å². The van der Waals surface area contributed by atoms with Crippen molar-refractivity contribution in [1.82, 2.24) is 0 Å². The molecule has 6 aromatic carbocycles. The predicted molar refractivity (Wildman–Crippen MR) is 253 cm³/mol. The molecule has 0 saturated heterocycles. The monoisotopic (exact) mass is 1030 g/mol. The van der Waals surface area contributed by atoms with Gasteiger partial charge in [-0.3, -0.25) is 0 Å². The molecule has 9 heteroatoms. The van der Waals surface area contributed by atoms with Crippen LogP contribution < -0.4 is 24.8 Å². The minimum absolute atomic E-state index is 0. The van der Waals surface area contributed by atoms with E-state index in [9.17, 15) is 26.3 Å². The van der Waals surface area contributed by atoms with E-state index in [1.807, 2.05) is 0 Å². The first-order valence-corrected chi connectivity index (χ1v) is 26.3. The van der Waals surface area contributed by atoms with Crippen molar-refractivity contribution < 1.29 is 72.4 Å². The summed E-state index contributed by atoms with van der Waals surface area (Å²) in [5.41, 5.74) is 16.7. The summed E-state index contributed by atoms with van der Waals surface area (Å²) in [6.07, 6.45) is -4.36. The SMILES string of the molecule is Cc1cc(C)c(-c2ccc3c(c2)[CH]([Zr+2]([C]2=CC(C(C)(C)C)=CC2C(C)C)=[C](c2ccc(C(F)(F)F)cc2)c2ccc(C(F)(F)F)cc2)c2cc(-c4c(C)cc(C)cc4C)ccc2-3)c(C)c1.[Cl-].[Cl-]. The van der Waals surface area contributed by atoms with Crippen molar-refractivity contribution in [3.63, 3.8) is 0 Å². The van der Waals surface area contributed by atoms with Crippen molar-refractivity contribution >= 4 is 3.21 Å². The Hall–Kier alpha value is -4.29. The number of alkyl halides is 6. The molecule has 2 aliphatic rings. The van der Waals surface area contributed by atoms with Crippen LogP contribution in [0.15, 0.2) is 130 Å². The minimum Gasteiger partial charge on any atom is -1.00 e. The maximum absolute atomic E-state index is 14.3. The van der Waals surface area contributed by atoms with Gasteiger partial charge in [0.05, 0.1) is 0 Å². The van der Waals surface area contributed by atoms with E-state index in [-0.39, 0.29) is 45.7 Å². The van der Waals surface area contributed by atoms with E-state index in [4.69, 9.17) is 0 Å². The standard InChI is InChI=1S/C31H29.C15H8F6.C12H19.2ClH.Zr/c1-18-11-20(3)30(21(4)12-18)24-7-9-28-26(15-24)17-27-16-25(8-10-29(27)28)31-22(5)13-19(2)14-23(31)6;16-14(17,18)12-5-1-10(2-6-12)9-11-3-7-13(8-4-11)15(19,20)21;1-9(2)10-6-7-11(8-10)12(3,4)5;;;/h7-17H,1-6H3;1-8H;7-10H,1-5H3;2*1H;/q;;;;;+2/p-2. The summed E-state index contributed by atoms with van der Waals surface area (Å²) in [5, 5.41) is 0. The van der Waals surface area contributed by atoms with Gasteiger partial charge in [0.1, 0.15) is 0 Å². The van der Waals surface area contributed by atoms with Gasteiger partial charge in [-0.05, 0) is 0 Å². The van der Waals surface area contributed by atoms with Crippen LogP contribution in [-0.2, 0) is 33.6 Å². The molecule has 1 atom stereocenters. The number of hydrogen-bond donors (Lipinski definition) is 0. The summed E-state index contributed by atoms with van der Waals surface area (Å²) < 4.78 is 87.6. The summed E-state index contributed by atoms with van der Waals surface area (Å²) in [7, 11) is 0. The Bertz CT molecular complexity index is 2750. The molecule has 1 unspecified atom stereocenters. The van der Waals surface area contributed by atoms with Crippen molar-refractivity contribution in [2.45, 2.75) is 92.1 Å². The molecule has 0 bridgehead atoms. The van der Waals surface area contributed by atoms with Crippen molar-refractivity contribution in [2.75, 3.05) is 0 Å². The molecule has 0 N–H and O–H groups in total. The molecule has 0 radical (unpaired) electrons. The maximum Gasteiger partial charge on any atom is -1.00 e. The number of hydrogen-bond acceptors (Lipinski definition) is 0. The molecular weight excluding hydrogens is 973 g/mol. The Morgan fingerprint density at radius 1 is 0.522 bits per heavy atom. The third kappa shape index (κ3) is 10.1. The van der Waals surface area contributed by atoms with Gasteiger partial charge in [-0.1, -0.05) is 0 Å². The summed E-state index contributed by atoms with van der Waals surface area (Å²) in [4.78, 5) is 0. The fourth-order valence-corrected chi connectivity index (χ4v) is 20.6. The zero-order valence-electron chi connectivity index (χ0n) is 39.8. The van der Waals surface area contributed by atoms with Gasteiger partial charge in [-0.25, -0.2) is 0 Å². The quantitative estimate of drug-likeness (QED) is 0.140. The number of fused-ring (bicyclic) bond motifs is 3. The van der Waals surface area contributed by atoms with E-state index >= 15 is 0 Å². The Labute approximate surface area is 412 Å². The van der Waals surface area contributed by atoms with E-state index in [0.717, 1.165) is 72.0 Å². The van der Waals surface area contributed by atoms with E-state index < -0.39 is 44.7 Å². The molecule has 67 heavy (non-hydrogen) atoms. The van der Waals surface area contributed by atoms with E-state index in [1.165, 1.54) is 42.2 Å². The average molecular weight is 1030 g/mol. The van der Waals surface area contributed by atoms with Gasteiger partial charge in [0.25, 0.3) is 0 Å². The Balaban J connectivity index is 0.00000370. The van der Waals surface area contributed by atoms with E-state index in [2.05, 4.69) is 149 Å². The average Bonchev–Trinajstić information content (AvgIpc) is 3.79. The van der Waals surface area contributed by atoms with Crippen LogP contribution in [0.4, 0.5) is 26.3 Å². The smallest absolute Gasteiger partial charge is 1.00 e. The van der Waals surface area contributed by atoms with Gasteiger partial charge < -0.3 is 24.8 Å². The first-order valence-electron chi connectivity index (χ1n) is 22.4. The van der Waals surface area contributed by atoms with Crippen LogP contribution in [-0.4, -0.2) is 3.21 Å². The van der Waals surface area contributed by atoms with Crippen molar-refractivity contribution in [3.05, 3.63) is 197 Å². The topological polar surface area (TPSA) is 0 Å². The van der Waals surface area contributed by atoms with Crippen LogP contribution >= 0.6 is 0 Å². The van der Waals surface area contributed by atoms with E-state index in [0.29, 0.717) is 11.1 Å². The van der Waals surface area contributed by atoms with Crippen molar-refractivity contribution in [1.29, 1.82) is 0 Å². The molecule has 6 aromatic rings. The van der Waals surface area contributed by atoms with Gasteiger partial charge in [0.15, 0.2) is 0 Å². The van der Waals surface area contributed by atoms with Gasteiger partial charge >= 0.3 is 391 Å². The molecule has 8 rings (SSSR count). The zero-order chi connectivity index (χ0) is 47.1. The van der Waals surface area contributed by atoms with Gasteiger partial charge in [0, 0.05) is 0 Å². The molecule has 0 heterocycles. The van der Waals surface area contributed by atoms with Crippen LogP contribution in [0.1, 0.15) is 105 Å². The third-order valence-electron chi connectivity index (χ3n) is 13.4. The maximum atomic E-state index is 14.3. The summed E-state index contributed by atoms with van der Waals surface area (Å²) in [6, 6.07) is 33.1. The molecule has 0 fully saturated rings. The molecule has 348 valence electrons. The van der Waals surface area contributed by atoms with Crippen molar-refractivity contribution in [3.8, 4) is 33.4 Å². The number of aryl methyl sites for hydroxylation is 6. The molecule has 2 aliphatic carbocycles. The van der Waals surface area contributed by atoms with Crippen molar-refractivity contribution in [2.24, 2.45) is 17.3 Å². The number of allylic oxidation sites excluding steroid dienone is 4. The zero-order valence-corrected chi connectivity index (χ0v) is 43.8. The molecule has 0 aromatic heterocycles. The first-order chi connectivity index (χ1) is 30.4. The Morgan fingerprint density at radius 3 is 1.22 bits per heavy atom. The second-order valence-electron chi connectivity index (χ2n) is 19.8. The molecule has 0 spiro atoms. The summed E-state index contributed by atoms with van der Waals surface area (Å²) in [5.74, 6) is 0.187. The predicted octanol–water partition coefficient (Wildman–Crippen LogP) is 11.0. The van der Waals surface area contributed by atoms with Crippen LogP contribution in [0.2, 0.25) is 0 Å². The van der Waals surface area contributed by atoms with E-state index in [1.54, 1.807) is 24.3 Å². The number of halogens is 8. The number of rotatable bonds is 7. The van der Waals surface area contributed by atoms with Crippen LogP contribution in [0.3, 0.4) is 0 Å². The third-order valence-corrected chi connectivity index (χ3v) is 21.8. The fourth-order valence-electron chi connectivity index (χ4n) is 10.6. The van der Waals surface area contributed by atoms with Crippen LogP contribution in [0.5, 0.6) is 0 Å². The normalized spacial score (nSPS) is 14.7. The Morgan fingerprint density at radius 2 is 0.896 bits per heavy atom. The number of benzene rings is 6. The van der Waals surface area contributed by atoms with Gasteiger partial charge in [-0.15, -0.1) is 0 Å². The van der Waals surface area contributed by atoms with Gasteiger partial charge in [-0.2, -0.15) is 0 Å². The largest absolute Gasteiger partial charge is 1.00 e. The molecule has 0 amide bonds. The second-order valence-corrected chi connectivity index (χ2v) is 25.9. The first kappa shape index (κ1) is 52.1. The fraction of sp³-hybridized carbons (Fsp3) is 0.293. The Kier molecular flexibility index (Phi) is 15.0. The molecule has 0 aliphatic heterocycles. The summed E-state index contributed by atoms with van der Waals surface area (Å²) >= 11 is -3.82. The van der Waals surface area contributed by atoms with Crippen LogP contribution in [0.25, 0.3) is 33.4 Å². The molecule has 0 nitrogen and oxygen atoms in total.